The zero-order valence-corrected chi connectivity index (χ0v) is 17.3. The number of nitrogens with one attached hydrogen (secondary N) is 1. The molecule has 1 amide bonds. The number of hydrogen-bond donors (Lipinski definition) is 1. The van der Waals surface area contributed by atoms with E-state index in [4.69, 9.17) is 4.74 Å². The second-order valence-corrected chi connectivity index (χ2v) is 7.30. The van der Waals surface area contributed by atoms with E-state index in [1.165, 1.54) is 6.92 Å². The van der Waals surface area contributed by atoms with E-state index in [2.05, 4.69) is 5.32 Å². The average Bonchev–Trinajstić information content (AvgIpc) is 2.73. The Balaban J connectivity index is 1.96. The van der Waals surface area contributed by atoms with Gasteiger partial charge in [0, 0.05) is 0 Å². The summed E-state index contributed by atoms with van der Waals surface area (Å²) in [6.45, 7) is 5.04. The topological polar surface area (TPSA) is 72.5 Å². The molecule has 5 heteroatoms. The normalized spacial score (nSPS) is 13.8. The summed E-state index contributed by atoms with van der Waals surface area (Å²) in [7, 11) is 0. The number of benzene rings is 2. The van der Waals surface area contributed by atoms with E-state index in [1.54, 1.807) is 0 Å². The molecule has 0 bridgehead atoms. The van der Waals surface area contributed by atoms with Gasteiger partial charge in [-0.1, -0.05) is 80.9 Å². The zero-order chi connectivity index (χ0) is 21.2. The fraction of sp³-hybridized carbons (Fsp3) is 0.375. The number of amides is 1. The SMILES string of the molecule is CC[C@H](C)[C@@H](C(=O)OCC(=O)N[C@@H](Cc1ccccc1)C(C)=O)c1ccccc1. The number of Topliss-reactive ketones (excluding diaryl/α,β-unsaturated/α-hetero) is 1. The van der Waals surface area contributed by atoms with Crippen LogP contribution in [0.5, 0.6) is 0 Å². The van der Waals surface area contributed by atoms with E-state index in [-0.39, 0.29) is 11.7 Å². The van der Waals surface area contributed by atoms with Gasteiger partial charge in [-0.3, -0.25) is 14.4 Å². The van der Waals surface area contributed by atoms with Gasteiger partial charge >= 0.3 is 5.97 Å². The molecular weight excluding hydrogens is 366 g/mol. The van der Waals surface area contributed by atoms with E-state index < -0.39 is 30.4 Å². The minimum absolute atomic E-state index is 0.0796. The van der Waals surface area contributed by atoms with E-state index in [9.17, 15) is 14.4 Å². The predicted molar refractivity (Wildman–Crippen MR) is 112 cm³/mol. The van der Waals surface area contributed by atoms with Crippen LogP contribution in [0.3, 0.4) is 0 Å². The highest BCUT2D eigenvalue weighted by Crippen LogP contribution is 2.28. The van der Waals surface area contributed by atoms with E-state index in [1.807, 2.05) is 74.5 Å². The van der Waals surface area contributed by atoms with Crippen molar-refractivity contribution in [3.05, 3.63) is 71.8 Å². The van der Waals surface area contributed by atoms with Crippen molar-refractivity contribution in [1.82, 2.24) is 5.32 Å². The molecule has 0 fully saturated rings. The summed E-state index contributed by atoms with van der Waals surface area (Å²) < 4.78 is 5.31. The molecule has 3 atom stereocenters. The molecule has 2 aromatic carbocycles. The number of esters is 1. The molecule has 0 aliphatic carbocycles. The quantitative estimate of drug-likeness (QED) is 0.623. The van der Waals surface area contributed by atoms with Crippen LogP contribution in [0, 0.1) is 5.92 Å². The van der Waals surface area contributed by atoms with Crippen LogP contribution < -0.4 is 5.32 Å². The second kappa shape index (κ2) is 11.1. The van der Waals surface area contributed by atoms with Gasteiger partial charge in [0.2, 0.25) is 0 Å². The lowest BCUT2D eigenvalue weighted by atomic mass is 9.86. The van der Waals surface area contributed by atoms with Gasteiger partial charge in [0.15, 0.2) is 12.4 Å². The molecule has 0 heterocycles. The molecule has 0 aromatic heterocycles. The monoisotopic (exact) mass is 395 g/mol. The molecule has 29 heavy (non-hydrogen) atoms. The Bertz CT molecular complexity index is 804. The van der Waals surface area contributed by atoms with Crippen molar-refractivity contribution in [2.45, 2.75) is 45.6 Å². The molecule has 0 saturated heterocycles. The first-order valence-electron chi connectivity index (χ1n) is 9.97. The first kappa shape index (κ1) is 22.3. The van der Waals surface area contributed by atoms with Crippen LogP contribution in [0.2, 0.25) is 0 Å². The molecule has 0 saturated carbocycles. The van der Waals surface area contributed by atoms with Gasteiger partial charge in [0.25, 0.3) is 5.91 Å². The van der Waals surface area contributed by atoms with Crippen molar-refractivity contribution in [3.8, 4) is 0 Å². The standard InChI is InChI=1S/C24H29NO4/c1-4-17(2)23(20-13-9-6-10-14-20)24(28)29-16-22(27)25-21(18(3)26)15-19-11-7-5-8-12-19/h5-14,17,21,23H,4,15-16H2,1-3H3,(H,25,27)/t17-,21-,23+/m0/s1. The van der Waals surface area contributed by atoms with Crippen molar-refractivity contribution in [3.63, 3.8) is 0 Å². The lowest BCUT2D eigenvalue weighted by Crippen LogP contribution is -2.43. The number of carbonyl (C=O) groups excluding carboxylic acids is 3. The summed E-state index contributed by atoms with van der Waals surface area (Å²) >= 11 is 0. The zero-order valence-electron chi connectivity index (χ0n) is 17.3. The largest absolute Gasteiger partial charge is 0.455 e. The highest BCUT2D eigenvalue weighted by Gasteiger charge is 2.28. The maximum absolute atomic E-state index is 12.7. The predicted octanol–water partition coefficient (Wildman–Crippen LogP) is 3.68. The number of hydrogen-bond acceptors (Lipinski definition) is 4. The lowest BCUT2D eigenvalue weighted by molar-refractivity contribution is -0.151. The van der Waals surface area contributed by atoms with Gasteiger partial charge < -0.3 is 10.1 Å². The van der Waals surface area contributed by atoms with Gasteiger partial charge in [-0.15, -0.1) is 0 Å². The molecule has 0 radical (unpaired) electrons. The van der Waals surface area contributed by atoms with Gasteiger partial charge in [-0.2, -0.15) is 0 Å². The van der Waals surface area contributed by atoms with Crippen LogP contribution in [0.4, 0.5) is 0 Å². The van der Waals surface area contributed by atoms with Gasteiger partial charge in [0.1, 0.15) is 0 Å². The minimum atomic E-state index is -0.650. The molecule has 0 aliphatic heterocycles. The third-order valence-electron chi connectivity index (χ3n) is 5.08. The van der Waals surface area contributed by atoms with Crippen molar-refractivity contribution in [2.75, 3.05) is 6.61 Å². The minimum Gasteiger partial charge on any atom is -0.455 e. The van der Waals surface area contributed by atoms with E-state index in [0.29, 0.717) is 6.42 Å². The fourth-order valence-electron chi connectivity index (χ4n) is 3.20. The fourth-order valence-corrected chi connectivity index (χ4v) is 3.20. The molecule has 2 rings (SSSR count). The van der Waals surface area contributed by atoms with Crippen LogP contribution in [-0.4, -0.2) is 30.3 Å². The lowest BCUT2D eigenvalue weighted by Gasteiger charge is -2.22. The summed E-state index contributed by atoms with van der Waals surface area (Å²) in [5.41, 5.74) is 1.82. The Labute approximate surface area is 172 Å². The highest BCUT2D eigenvalue weighted by molar-refractivity contribution is 5.89. The maximum Gasteiger partial charge on any atom is 0.314 e. The van der Waals surface area contributed by atoms with Crippen molar-refractivity contribution in [1.29, 1.82) is 0 Å². The van der Waals surface area contributed by atoms with Crippen molar-refractivity contribution in [2.24, 2.45) is 5.92 Å². The number of ether oxygens (including phenoxy) is 1. The average molecular weight is 395 g/mol. The molecule has 5 nitrogen and oxygen atoms in total. The molecule has 0 aliphatic rings. The third-order valence-corrected chi connectivity index (χ3v) is 5.08. The second-order valence-electron chi connectivity index (χ2n) is 7.30. The van der Waals surface area contributed by atoms with Crippen molar-refractivity contribution < 1.29 is 19.1 Å². The molecule has 2 aromatic rings. The van der Waals surface area contributed by atoms with Gasteiger partial charge in [-0.05, 0) is 30.4 Å². The van der Waals surface area contributed by atoms with Crippen LogP contribution in [-0.2, 0) is 25.5 Å². The molecule has 0 unspecified atom stereocenters. The maximum atomic E-state index is 12.7. The molecular formula is C24H29NO4. The molecule has 154 valence electrons. The first-order valence-corrected chi connectivity index (χ1v) is 9.97. The number of ketones is 1. The number of rotatable bonds is 10. The van der Waals surface area contributed by atoms with Crippen LogP contribution >= 0.6 is 0 Å². The van der Waals surface area contributed by atoms with Crippen LogP contribution in [0.25, 0.3) is 0 Å². The summed E-state index contributed by atoms with van der Waals surface area (Å²) in [5.74, 6) is -1.40. The van der Waals surface area contributed by atoms with Gasteiger partial charge in [0.05, 0.1) is 12.0 Å². The van der Waals surface area contributed by atoms with E-state index >= 15 is 0 Å². The summed E-state index contributed by atoms with van der Waals surface area (Å²) in [5, 5.41) is 2.68. The Morgan fingerprint density at radius 3 is 2.10 bits per heavy atom. The Hall–Kier alpha value is -2.95. The first-order chi connectivity index (χ1) is 13.9. The molecule has 1 N–H and O–H groups in total. The number of carbonyl (C=O) groups is 3. The third kappa shape index (κ3) is 6.86. The Morgan fingerprint density at radius 1 is 0.966 bits per heavy atom. The van der Waals surface area contributed by atoms with Crippen LogP contribution in [0.1, 0.15) is 44.2 Å². The summed E-state index contributed by atoms with van der Waals surface area (Å²) in [4.78, 5) is 36.9. The highest BCUT2D eigenvalue weighted by atomic mass is 16.5. The summed E-state index contributed by atoms with van der Waals surface area (Å²) in [6.07, 6.45) is 1.21. The van der Waals surface area contributed by atoms with Gasteiger partial charge in [-0.25, -0.2) is 0 Å². The Morgan fingerprint density at radius 2 is 1.55 bits per heavy atom. The Kier molecular flexibility index (Phi) is 8.59. The smallest absolute Gasteiger partial charge is 0.314 e. The molecule has 0 spiro atoms. The summed E-state index contributed by atoms with van der Waals surface area (Å²) in [6, 6.07) is 18.3. The van der Waals surface area contributed by atoms with E-state index in [0.717, 1.165) is 17.5 Å². The van der Waals surface area contributed by atoms with Crippen LogP contribution in [0.15, 0.2) is 60.7 Å². The van der Waals surface area contributed by atoms with Crippen molar-refractivity contribution >= 4 is 17.7 Å².